The van der Waals surface area contributed by atoms with Gasteiger partial charge in [-0.15, -0.1) is 0 Å². The van der Waals surface area contributed by atoms with E-state index in [2.05, 4.69) is 10.6 Å². The van der Waals surface area contributed by atoms with Crippen molar-refractivity contribution in [3.63, 3.8) is 0 Å². The molecular weight excluding hydrogens is 290 g/mol. The van der Waals surface area contributed by atoms with E-state index in [-0.39, 0.29) is 17.7 Å². The first kappa shape index (κ1) is 15.6. The summed E-state index contributed by atoms with van der Waals surface area (Å²) in [5.74, 6) is 0.165. The second-order valence-corrected chi connectivity index (χ2v) is 5.59. The largest absolute Gasteiger partial charge is 0.387 e. The Morgan fingerprint density at radius 3 is 2.86 bits per heavy atom. The van der Waals surface area contributed by atoms with E-state index in [1.54, 1.807) is 25.2 Å². The van der Waals surface area contributed by atoms with E-state index in [9.17, 15) is 9.59 Å². The zero-order valence-corrected chi connectivity index (χ0v) is 13.0. The molecule has 2 N–H and O–H groups in total. The van der Waals surface area contributed by atoms with Gasteiger partial charge in [-0.05, 0) is 25.1 Å². The fourth-order valence-electron chi connectivity index (χ4n) is 2.55. The van der Waals surface area contributed by atoms with Crippen LogP contribution in [0, 0.1) is 5.92 Å². The zero-order chi connectivity index (χ0) is 15.4. The lowest BCUT2D eigenvalue weighted by molar-refractivity contribution is -0.127. The van der Waals surface area contributed by atoms with Gasteiger partial charge >= 0.3 is 0 Å². The minimum Gasteiger partial charge on any atom is -0.387 e. The van der Waals surface area contributed by atoms with Crippen LogP contribution in [0.2, 0.25) is 5.02 Å². The number of carbonyl (C=O) groups excluding carboxylic acids is 2. The quantitative estimate of drug-likeness (QED) is 0.874. The molecule has 0 radical (unpaired) electrons. The maximum Gasteiger partial charge on any atom is 0.253 e. The number of nitrogens with one attached hydrogen (secondary N) is 2. The van der Waals surface area contributed by atoms with E-state index < -0.39 is 0 Å². The second-order valence-electron chi connectivity index (χ2n) is 5.15. The topological polar surface area (TPSA) is 61.4 Å². The van der Waals surface area contributed by atoms with Gasteiger partial charge in [0.05, 0.1) is 5.56 Å². The fourth-order valence-corrected chi connectivity index (χ4v) is 2.72. The number of anilines is 1. The fraction of sp³-hybridized carbons (Fsp3) is 0.467. The summed E-state index contributed by atoms with van der Waals surface area (Å²) in [5.41, 5.74) is 1.25. The normalized spacial score (nSPS) is 18.0. The van der Waals surface area contributed by atoms with Crippen molar-refractivity contribution in [3.8, 4) is 0 Å². The molecule has 1 atom stereocenters. The van der Waals surface area contributed by atoms with Crippen LogP contribution in [-0.2, 0) is 4.79 Å². The monoisotopic (exact) mass is 309 g/mol. The van der Waals surface area contributed by atoms with Gasteiger partial charge in [0.1, 0.15) is 0 Å². The van der Waals surface area contributed by atoms with Gasteiger partial charge in [-0.2, -0.15) is 0 Å². The minimum absolute atomic E-state index is 0.162. The van der Waals surface area contributed by atoms with Gasteiger partial charge in [0.2, 0.25) is 5.91 Å². The predicted octanol–water partition coefficient (Wildman–Crippen LogP) is 1.98. The van der Waals surface area contributed by atoms with Crippen LogP contribution in [-0.4, -0.2) is 43.4 Å². The van der Waals surface area contributed by atoms with Crippen LogP contribution >= 0.6 is 11.6 Å². The van der Waals surface area contributed by atoms with Crippen molar-refractivity contribution in [2.24, 2.45) is 5.92 Å². The average Bonchev–Trinajstić information content (AvgIpc) is 2.85. The SMILES string of the molecule is CCN1C[C@H](CNC(=O)c2cc(Cl)ccc2NC)CC1=O. The third-order valence-corrected chi connectivity index (χ3v) is 3.96. The summed E-state index contributed by atoms with van der Waals surface area (Å²) in [6, 6.07) is 5.15. The van der Waals surface area contributed by atoms with Gasteiger partial charge in [-0.3, -0.25) is 9.59 Å². The Morgan fingerprint density at radius 2 is 2.24 bits per heavy atom. The third kappa shape index (κ3) is 3.67. The molecule has 0 saturated carbocycles. The molecule has 0 aromatic heterocycles. The average molecular weight is 310 g/mol. The molecule has 1 aromatic carbocycles. The van der Waals surface area contributed by atoms with Crippen LogP contribution in [0.15, 0.2) is 18.2 Å². The maximum atomic E-state index is 12.3. The van der Waals surface area contributed by atoms with Gasteiger partial charge < -0.3 is 15.5 Å². The molecule has 0 spiro atoms. The van der Waals surface area contributed by atoms with E-state index in [0.29, 0.717) is 30.1 Å². The van der Waals surface area contributed by atoms with Crippen molar-refractivity contribution >= 4 is 29.1 Å². The van der Waals surface area contributed by atoms with Crippen molar-refractivity contribution in [2.45, 2.75) is 13.3 Å². The van der Waals surface area contributed by atoms with Crippen LogP contribution < -0.4 is 10.6 Å². The zero-order valence-electron chi connectivity index (χ0n) is 12.3. The van der Waals surface area contributed by atoms with Crippen molar-refractivity contribution in [1.29, 1.82) is 0 Å². The highest BCUT2D eigenvalue weighted by Gasteiger charge is 2.28. The van der Waals surface area contributed by atoms with Crippen LogP contribution in [0.25, 0.3) is 0 Å². The molecule has 0 unspecified atom stereocenters. The van der Waals surface area contributed by atoms with Crippen LogP contribution in [0.1, 0.15) is 23.7 Å². The summed E-state index contributed by atoms with van der Waals surface area (Å²) in [6.07, 6.45) is 0.503. The summed E-state index contributed by atoms with van der Waals surface area (Å²) in [6.45, 7) is 3.90. The van der Waals surface area contributed by atoms with Crippen molar-refractivity contribution in [1.82, 2.24) is 10.2 Å². The van der Waals surface area contributed by atoms with Gasteiger partial charge in [0, 0.05) is 49.7 Å². The molecule has 1 fully saturated rings. The lowest BCUT2D eigenvalue weighted by Crippen LogP contribution is -2.31. The molecule has 114 valence electrons. The standard InChI is InChI=1S/C15H20ClN3O2/c1-3-19-9-10(6-14(19)20)8-18-15(21)12-7-11(16)4-5-13(12)17-2/h4-5,7,10,17H,3,6,8-9H2,1-2H3,(H,18,21)/t10-/m0/s1. The van der Waals surface area contributed by atoms with E-state index in [4.69, 9.17) is 11.6 Å². The van der Waals surface area contributed by atoms with Gasteiger partial charge in [-0.1, -0.05) is 11.6 Å². The van der Waals surface area contributed by atoms with E-state index >= 15 is 0 Å². The first-order valence-corrected chi connectivity index (χ1v) is 7.46. The number of rotatable bonds is 5. The Morgan fingerprint density at radius 1 is 1.48 bits per heavy atom. The second kappa shape index (κ2) is 6.80. The number of hydrogen-bond donors (Lipinski definition) is 2. The third-order valence-electron chi connectivity index (χ3n) is 3.72. The first-order chi connectivity index (χ1) is 10.0. The van der Waals surface area contributed by atoms with Crippen molar-refractivity contribution in [3.05, 3.63) is 28.8 Å². The number of likely N-dealkylation sites (tertiary alicyclic amines) is 1. The van der Waals surface area contributed by atoms with Gasteiger partial charge in [0.25, 0.3) is 5.91 Å². The van der Waals surface area contributed by atoms with Gasteiger partial charge in [0.15, 0.2) is 0 Å². The highest BCUT2D eigenvalue weighted by Crippen LogP contribution is 2.21. The molecule has 1 heterocycles. The lowest BCUT2D eigenvalue weighted by Gasteiger charge is -2.15. The molecule has 21 heavy (non-hydrogen) atoms. The molecule has 1 aliphatic heterocycles. The summed E-state index contributed by atoms with van der Waals surface area (Å²) >= 11 is 5.94. The lowest BCUT2D eigenvalue weighted by atomic mass is 10.1. The Bertz CT molecular complexity index is 548. The van der Waals surface area contributed by atoms with Gasteiger partial charge in [-0.25, -0.2) is 0 Å². The smallest absolute Gasteiger partial charge is 0.253 e. The molecule has 1 aromatic rings. The molecular formula is C15H20ClN3O2. The van der Waals surface area contributed by atoms with Crippen molar-refractivity contribution < 1.29 is 9.59 Å². The molecule has 0 aliphatic carbocycles. The van der Waals surface area contributed by atoms with E-state index in [1.165, 1.54) is 0 Å². The molecule has 2 amide bonds. The number of carbonyl (C=O) groups is 2. The summed E-state index contributed by atoms with van der Waals surface area (Å²) in [7, 11) is 1.76. The number of amides is 2. The summed E-state index contributed by atoms with van der Waals surface area (Å²) in [5, 5.41) is 6.39. The first-order valence-electron chi connectivity index (χ1n) is 7.08. The predicted molar refractivity (Wildman–Crippen MR) is 83.7 cm³/mol. The van der Waals surface area contributed by atoms with Crippen molar-refractivity contribution in [2.75, 3.05) is 32.0 Å². The van der Waals surface area contributed by atoms with Crippen LogP contribution in [0.3, 0.4) is 0 Å². The molecule has 1 saturated heterocycles. The number of halogens is 1. The summed E-state index contributed by atoms with van der Waals surface area (Å²) < 4.78 is 0. The molecule has 2 rings (SSSR count). The Labute approximate surface area is 129 Å². The highest BCUT2D eigenvalue weighted by molar-refractivity contribution is 6.31. The minimum atomic E-state index is -0.177. The highest BCUT2D eigenvalue weighted by atomic mass is 35.5. The maximum absolute atomic E-state index is 12.3. The molecule has 6 heteroatoms. The number of hydrogen-bond acceptors (Lipinski definition) is 3. The summed E-state index contributed by atoms with van der Waals surface area (Å²) in [4.78, 5) is 25.7. The number of benzene rings is 1. The Hall–Kier alpha value is -1.75. The number of nitrogens with zero attached hydrogens (tertiary/aromatic N) is 1. The van der Waals surface area contributed by atoms with E-state index in [0.717, 1.165) is 12.2 Å². The Balaban J connectivity index is 1.97. The van der Waals surface area contributed by atoms with Crippen LogP contribution in [0.4, 0.5) is 5.69 Å². The molecule has 5 nitrogen and oxygen atoms in total. The van der Waals surface area contributed by atoms with E-state index in [1.807, 2.05) is 11.8 Å². The van der Waals surface area contributed by atoms with Crippen LogP contribution in [0.5, 0.6) is 0 Å². The Kier molecular flexibility index (Phi) is 5.07. The molecule has 1 aliphatic rings. The molecule has 0 bridgehead atoms.